The van der Waals surface area contributed by atoms with Gasteiger partial charge in [-0.15, -0.1) is 0 Å². The van der Waals surface area contributed by atoms with Crippen LogP contribution in [0.3, 0.4) is 0 Å². The normalized spacial score (nSPS) is 38.3. The third-order valence-electron chi connectivity index (χ3n) is 12.3. The maximum atomic E-state index is 14.4. The smallest absolute Gasteiger partial charge is 0.407 e. The number of amides is 1. The van der Waals surface area contributed by atoms with Gasteiger partial charge in [-0.05, 0) is 43.8 Å². The number of hydrogen-bond acceptors (Lipinski definition) is 13. The zero-order valence-corrected chi connectivity index (χ0v) is 39.5. The Morgan fingerprint density at radius 2 is 1.71 bits per heavy atom. The quantitative estimate of drug-likeness (QED) is 0.114. The van der Waals surface area contributed by atoms with Crippen LogP contribution in [0.4, 0.5) is 4.79 Å². The van der Waals surface area contributed by atoms with Crippen LogP contribution in [-0.4, -0.2) is 116 Å². The van der Waals surface area contributed by atoms with Crippen LogP contribution in [0.15, 0.2) is 23.8 Å². The van der Waals surface area contributed by atoms with Crippen molar-refractivity contribution in [2.24, 2.45) is 22.7 Å². The zero-order chi connectivity index (χ0) is 36.3. The number of alkyl carbamates (subject to hydrolysis) is 1. The van der Waals surface area contributed by atoms with Gasteiger partial charge in [0.2, 0.25) is 0 Å². The molecule has 3 saturated carbocycles. The molecule has 0 spiro atoms. The molecule has 1 unspecified atom stereocenters. The number of esters is 2. The number of carbonyl (C=O) groups excluding carboxylic acids is 4. The third-order valence-corrected chi connectivity index (χ3v) is 12.3. The summed E-state index contributed by atoms with van der Waals surface area (Å²) in [6, 6.07) is -1.07. The largest absolute Gasteiger partial charge is 0.459 e. The van der Waals surface area contributed by atoms with Crippen LogP contribution in [0.1, 0.15) is 79.6 Å². The number of carbonyl (C=O) groups is 4. The Bertz CT molecular complexity index is 1400. The van der Waals surface area contributed by atoms with Gasteiger partial charge in [0.25, 0.3) is 0 Å². The maximum Gasteiger partial charge on any atom is 0.407 e. The first kappa shape index (κ1) is 45.4. The van der Waals surface area contributed by atoms with E-state index in [4.69, 9.17) is 18.9 Å². The predicted molar refractivity (Wildman–Crippen MR) is 170 cm³/mol. The summed E-state index contributed by atoms with van der Waals surface area (Å²) >= 11 is 0. The summed E-state index contributed by atoms with van der Waals surface area (Å²) in [7, 11) is 0. The first-order chi connectivity index (χ1) is 22.9. The molecule has 6 N–H and O–H groups in total. The van der Waals surface area contributed by atoms with Crippen LogP contribution >= 0.6 is 0 Å². The van der Waals surface area contributed by atoms with Crippen LogP contribution in [0.2, 0.25) is 0 Å². The molecule has 280 valence electrons. The van der Waals surface area contributed by atoms with E-state index in [2.05, 4.69) is 11.9 Å². The van der Waals surface area contributed by atoms with Crippen molar-refractivity contribution in [1.82, 2.24) is 5.32 Å². The summed E-state index contributed by atoms with van der Waals surface area (Å²) in [4.78, 5) is 53.4. The minimum absolute atomic E-state index is 0. The van der Waals surface area contributed by atoms with Gasteiger partial charge in [-0.25, -0.2) is 9.59 Å². The van der Waals surface area contributed by atoms with Crippen LogP contribution in [0.25, 0.3) is 0 Å². The number of Topliss-reactive ketones (excluding diaryl/α,β-unsaturated/α-hetero) is 1. The summed E-state index contributed by atoms with van der Waals surface area (Å²) in [6.07, 6.45) is -5.31. The van der Waals surface area contributed by atoms with E-state index in [1.54, 1.807) is 13.8 Å². The molecule has 1 amide bonds. The number of aliphatic hydroxyl groups excluding tert-OH is 3. The molecular formula is C35H51Ac2NO13. The van der Waals surface area contributed by atoms with Gasteiger partial charge in [-0.1, -0.05) is 45.8 Å². The standard InChI is InChI=1S/C35H51NO13.2Ac/c1-7-13-46-31(43)36-24(19-11-9-8-10-12-19)26(40)30(42)49-20-15-35(45)29(48-18(3)37)27-33(6,21(38)14-22-34(27,44)16-47-22)28(41)25(39)23(17(20)2)32(35,4)5;;/h7,19-22,24-27,29,38-40,44-45H,1,8-16H2,2-6H3,(H,36,43);;/t20?,21-,22+,24-,25+,26+,27-,29-,33+,34-,35+;;/m0../s1. The summed E-state index contributed by atoms with van der Waals surface area (Å²) in [5, 5.41) is 62.1. The Morgan fingerprint density at radius 3 is 2.25 bits per heavy atom. The second kappa shape index (κ2) is 17.0. The molecule has 1 aliphatic heterocycles. The van der Waals surface area contributed by atoms with Gasteiger partial charge >= 0.3 is 18.0 Å². The Morgan fingerprint density at radius 1 is 1.08 bits per heavy atom. The molecule has 1 saturated heterocycles. The van der Waals surface area contributed by atoms with E-state index in [9.17, 15) is 44.7 Å². The number of hydrogen-bond donors (Lipinski definition) is 6. The second-order valence-electron chi connectivity index (χ2n) is 15.3. The molecule has 0 aromatic rings. The van der Waals surface area contributed by atoms with Gasteiger partial charge in [0, 0.05) is 119 Å². The number of rotatable bonds is 8. The van der Waals surface area contributed by atoms with E-state index in [-0.39, 0.29) is 125 Å². The van der Waals surface area contributed by atoms with Crippen molar-refractivity contribution in [3.05, 3.63) is 23.8 Å². The monoisotopic (exact) mass is 1150 g/mol. The molecule has 4 aliphatic carbocycles. The molecule has 1 heterocycles. The minimum Gasteiger partial charge on any atom is -0.459 e. The number of ether oxygens (including phenoxy) is 4. The van der Waals surface area contributed by atoms with Gasteiger partial charge in [0.1, 0.15) is 36.1 Å². The molecule has 2 radical (unpaired) electrons. The molecule has 11 atom stereocenters. The molecular weight excluding hydrogens is 1100 g/mol. The number of aliphatic hydroxyl groups is 5. The second-order valence-corrected chi connectivity index (χ2v) is 15.3. The zero-order valence-electron chi connectivity index (χ0n) is 30.0. The summed E-state index contributed by atoms with van der Waals surface area (Å²) < 4.78 is 22.3. The van der Waals surface area contributed by atoms with Gasteiger partial charge < -0.3 is 49.8 Å². The van der Waals surface area contributed by atoms with Crippen molar-refractivity contribution in [2.45, 2.75) is 133 Å². The predicted octanol–water partition coefficient (Wildman–Crippen LogP) is 0.990. The van der Waals surface area contributed by atoms with Crippen molar-refractivity contribution in [1.29, 1.82) is 0 Å². The number of ketones is 1. The first-order valence-electron chi connectivity index (χ1n) is 17.1. The van der Waals surface area contributed by atoms with E-state index < -0.39 is 101 Å². The molecule has 14 nitrogen and oxygen atoms in total. The van der Waals surface area contributed by atoms with Crippen molar-refractivity contribution in [3.8, 4) is 0 Å². The Hall–Kier alpha value is 0.00312. The molecule has 4 fully saturated rings. The average molecular weight is 1150 g/mol. The fourth-order valence-corrected chi connectivity index (χ4v) is 9.41. The SMILES string of the molecule is C=CCOC(=O)N[C@@H](C1CCCCC1)[C@@H](O)C(=O)OC1C[C@@]2(O)[C@@H](OC(C)=O)[C@@H]3[C@]4(O)CO[C@@H]4C[C@H](O)[C@@]3(C)C(=O)[C@H](O)C(=C1C)C2(C)C.[Ac].[Ac]. The van der Waals surface area contributed by atoms with E-state index >= 15 is 0 Å². The Balaban J connectivity index is 0.00000351. The summed E-state index contributed by atoms with van der Waals surface area (Å²) in [5.74, 6) is -4.55. The van der Waals surface area contributed by atoms with Gasteiger partial charge in [0.15, 0.2) is 11.9 Å². The van der Waals surface area contributed by atoms with E-state index in [1.807, 2.05) is 0 Å². The molecule has 5 rings (SSSR count). The molecule has 5 aliphatic rings. The van der Waals surface area contributed by atoms with Crippen molar-refractivity contribution in [3.63, 3.8) is 0 Å². The molecule has 51 heavy (non-hydrogen) atoms. The van der Waals surface area contributed by atoms with Crippen molar-refractivity contribution in [2.75, 3.05) is 13.2 Å². The minimum atomic E-state index is -2.21. The maximum absolute atomic E-state index is 14.4. The van der Waals surface area contributed by atoms with Crippen LogP contribution in [0.5, 0.6) is 0 Å². The fourth-order valence-electron chi connectivity index (χ4n) is 9.41. The molecule has 0 aromatic carbocycles. The first-order valence-corrected chi connectivity index (χ1v) is 17.1. The van der Waals surface area contributed by atoms with Gasteiger partial charge in [-0.2, -0.15) is 0 Å². The summed E-state index contributed by atoms with van der Waals surface area (Å²) in [6.45, 7) is 10.3. The van der Waals surface area contributed by atoms with Crippen LogP contribution in [-0.2, 0) is 33.3 Å². The topological polar surface area (TPSA) is 218 Å². The van der Waals surface area contributed by atoms with Crippen molar-refractivity contribution < 1.29 is 152 Å². The molecule has 16 heteroatoms. The van der Waals surface area contributed by atoms with Crippen LogP contribution in [0, 0.1) is 111 Å². The fraction of sp³-hybridized carbons (Fsp3) is 0.771. The Labute approximate surface area is 369 Å². The Kier molecular flexibility index (Phi) is 15.1. The van der Waals surface area contributed by atoms with E-state index in [1.165, 1.54) is 19.9 Å². The van der Waals surface area contributed by atoms with Gasteiger partial charge in [-0.3, -0.25) is 9.59 Å². The van der Waals surface area contributed by atoms with E-state index in [0.717, 1.165) is 26.2 Å². The molecule has 2 bridgehead atoms. The van der Waals surface area contributed by atoms with Crippen LogP contribution < -0.4 is 5.32 Å². The average Bonchev–Trinajstić information content (AvgIpc) is 3.04. The summed E-state index contributed by atoms with van der Waals surface area (Å²) in [5.41, 5.74) is -7.24. The van der Waals surface area contributed by atoms with Gasteiger partial charge in [0.05, 0.1) is 30.3 Å². The molecule has 0 aromatic heterocycles. The van der Waals surface area contributed by atoms with E-state index in [0.29, 0.717) is 12.8 Å². The number of nitrogens with one attached hydrogen (secondary N) is 1. The third kappa shape index (κ3) is 7.74. The number of fused-ring (bicyclic) bond motifs is 5. The van der Waals surface area contributed by atoms with Crippen molar-refractivity contribution >= 4 is 23.8 Å².